The maximum Gasteiger partial charge on any atom is 0.410 e. The molecule has 202 valence electrons. The summed E-state index contributed by atoms with van der Waals surface area (Å²) < 4.78 is 13.0. The second kappa shape index (κ2) is 9.57. The van der Waals surface area contributed by atoms with Gasteiger partial charge in [0.25, 0.3) is 0 Å². The van der Waals surface area contributed by atoms with E-state index in [0.717, 1.165) is 23.4 Å². The Kier molecular flexibility index (Phi) is 6.17. The van der Waals surface area contributed by atoms with Crippen LogP contribution < -0.4 is 15.0 Å². The molecular formula is C27H29ClN8O3. The van der Waals surface area contributed by atoms with Gasteiger partial charge in [0, 0.05) is 38.1 Å². The van der Waals surface area contributed by atoms with Crippen molar-refractivity contribution in [3.8, 4) is 11.6 Å². The SMILES string of the molecule is Cn1ccc(Oc2ccc(Nc3ncnc4ccc(N5C[C@@H]6C[C@H]5CN6C(=O)OC(C)(C)C)nc34)cc2Cl)n1. The molecule has 2 bridgehead atoms. The number of nitrogens with one attached hydrogen (secondary N) is 1. The maximum atomic E-state index is 12.6. The molecule has 2 fully saturated rings. The first kappa shape index (κ1) is 25.2. The highest BCUT2D eigenvalue weighted by Gasteiger charge is 2.47. The summed E-state index contributed by atoms with van der Waals surface area (Å²) in [6, 6.07) is 11.4. The predicted octanol–water partition coefficient (Wildman–Crippen LogP) is 5.15. The van der Waals surface area contributed by atoms with E-state index in [2.05, 4.69) is 25.3 Å². The van der Waals surface area contributed by atoms with Gasteiger partial charge in [0.15, 0.2) is 5.82 Å². The number of hydrogen-bond acceptors (Lipinski definition) is 9. The normalized spacial score (nSPS) is 18.6. The van der Waals surface area contributed by atoms with Crippen LogP contribution in [0.2, 0.25) is 5.02 Å². The fraction of sp³-hybridized carbons (Fsp3) is 0.370. The Labute approximate surface area is 230 Å². The van der Waals surface area contributed by atoms with Gasteiger partial charge in [0.2, 0.25) is 5.88 Å². The van der Waals surface area contributed by atoms with Crippen LogP contribution in [0.4, 0.5) is 22.1 Å². The first-order chi connectivity index (χ1) is 18.6. The molecule has 2 atom stereocenters. The number of amides is 1. The summed E-state index contributed by atoms with van der Waals surface area (Å²) in [4.78, 5) is 30.5. The smallest absolute Gasteiger partial charge is 0.410 e. The standard InChI is InChI=1S/C27H29ClN8O3/c1-27(2,3)39-26(37)36-14-17-12-18(36)13-35(17)22-8-6-20-24(32-22)25(30-15-29-20)31-16-5-7-21(19(28)11-16)38-23-9-10-34(4)33-23/h5-11,15,17-18H,12-14H2,1-4H3,(H,29,30,31)/t17-,18-/m0/s1. The number of pyridine rings is 1. The van der Waals surface area contributed by atoms with Crippen LogP contribution in [0.15, 0.2) is 48.9 Å². The van der Waals surface area contributed by atoms with Gasteiger partial charge in [-0.2, -0.15) is 0 Å². The summed E-state index contributed by atoms with van der Waals surface area (Å²) >= 11 is 6.50. The van der Waals surface area contributed by atoms with Crippen LogP contribution in [-0.2, 0) is 11.8 Å². The highest BCUT2D eigenvalue weighted by atomic mass is 35.5. The van der Waals surface area contributed by atoms with E-state index in [1.54, 1.807) is 29.1 Å². The Hall–Kier alpha value is -4.12. The molecule has 0 spiro atoms. The second-order valence-electron chi connectivity index (χ2n) is 10.8. The third kappa shape index (κ3) is 5.14. The van der Waals surface area contributed by atoms with Gasteiger partial charge in [-0.3, -0.25) is 4.68 Å². The van der Waals surface area contributed by atoms with E-state index in [1.165, 1.54) is 6.33 Å². The largest absolute Gasteiger partial charge is 0.444 e. The minimum Gasteiger partial charge on any atom is -0.444 e. The van der Waals surface area contributed by atoms with Gasteiger partial charge in [-0.1, -0.05) is 11.6 Å². The van der Waals surface area contributed by atoms with Crippen LogP contribution in [0.25, 0.3) is 11.0 Å². The molecule has 0 radical (unpaired) electrons. The molecule has 3 aromatic heterocycles. The molecule has 1 N–H and O–H groups in total. The highest BCUT2D eigenvalue weighted by Crippen LogP contribution is 2.36. The zero-order valence-electron chi connectivity index (χ0n) is 22.1. The number of carbonyl (C=O) groups excluding carboxylic acids is 1. The highest BCUT2D eigenvalue weighted by molar-refractivity contribution is 6.32. The van der Waals surface area contributed by atoms with Crippen molar-refractivity contribution in [3.63, 3.8) is 0 Å². The first-order valence-electron chi connectivity index (χ1n) is 12.7. The minimum absolute atomic E-state index is 0.0981. The average molecular weight is 549 g/mol. The minimum atomic E-state index is -0.515. The molecule has 39 heavy (non-hydrogen) atoms. The Morgan fingerprint density at radius 3 is 2.64 bits per heavy atom. The molecule has 1 amide bonds. The van der Waals surface area contributed by atoms with E-state index < -0.39 is 5.60 Å². The number of anilines is 3. The molecular weight excluding hydrogens is 520 g/mol. The van der Waals surface area contributed by atoms with E-state index in [-0.39, 0.29) is 18.2 Å². The Morgan fingerprint density at radius 2 is 1.95 bits per heavy atom. The molecule has 4 aromatic rings. The summed E-state index contributed by atoms with van der Waals surface area (Å²) in [6.45, 7) is 6.97. The molecule has 0 unspecified atom stereocenters. The third-order valence-corrected chi connectivity index (χ3v) is 7.02. The average Bonchev–Trinajstić information content (AvgIpc) is 3.61. The molecule has 12 heteroatoms. The van der Waals surface area contributed by atoms with Crippen molar-refractivity contribution in [1.82, 2.24) is 29.6 Å². The summed E-state index contributed by atoms with van der Waals surface area (Å²) in [5, 5.41) is 7.97. The molecule has 5 heterocycles. The summed E-state index contributed by atoms with van der Waals surface area (Å²) in [5.74, 6) is 2.35. The molecule has 0 aliphatic carbocycles. The van der Waals surface area contributed by atoms with E-state index in [0.29, 0.717) is 41.1 Å². The van der Waals surface area contributed by atoms with Crippen molar-refractivity contribution in [2.45, 2.75) is 44.9 Å². The monoisotopic (exact) mass is 548 g/mol. The number of likely N-dealkylation sites (tertiary alicyclic amines) is 1. The lowest BCUT2D eigenvalue weighted by atomic mass is 10.2. The molecule has 2 aliphatic heterocycles. The van der Waals surface area contributed by atoms with Crippen LogP contribution in [-0.4, -0.2) is 66.5 Å². The number of piperazine rings is 1. The number of ether oxygens (including phenoxy) is 2. The summed E-state index contributed by atoms with van der Waals surface area (Å²) in [5.41, 5.74) is 1.58. The van der Waals surface area contributed by atoms with Crippen molar-refractivity contribution in [2.24, 2.45) is 7.05 Å². The number of carbonyl (C=O) groups is 1. The maximum absolute atomic E-state index is 12.6. The van der Waals surface area contributed by atoms with Crippen molar-refractivity contribution < 1.29 is 14.3 Å². The van der Waals surface area contributed by atoms with Crippen LogP contribution in [0.3, 0.4) is 0 Å². The lowest BCUT2D eigenvalue weighted by Gasteiger charge is -2.35. The Balaban J connectivity index is 1.20. The molecule has 6 rings (SSSR count). The Morgan fingerprint density at radius 1 is 1.10 bits per heavy atom. The summed E-state index contributed by atoms with van der Waals surface area (Å²) in [6.07, 6.45) is 3.94. The summed E-state index contributed by atoms with van der Waals surface area (Å²) in [7, 11) is 1.82. The quantitative estimate of drug-likeness (QED) is 0.362. The third-order valence-electron chi connectivity index (χ3n) is 6.73. The molecule has 0 saturated carbocycles. The van der Waals surface area contributed by atoms with Crippen LogP contribution in [0.1, 0.15) is 27.2 Å². The topological polar surface area (TPSA) is 111 Å². The number of rotatable bonds is 5. The van der Waals surface area contributed by atoms with Crippen molar-refractivity contribution in [2.75, 3.05) is 23.3 Å². The Bertz CT molecular complexity index is 1550. The number of hydrogen-bond donors (Lipinski definition) is 1. The van der Waals surface area contributed by atoms with Crippen molar-refractivity contribution >= 4 is 46.1 Å². The van der Waals surface area contributed by atoms with Gasteiger partial charge in [-0.25, -0.2) is 19.7 Å². The van der Waals surface area contributed by atoms with Gasteiger partial charge in [-0.15, -0.1) is 5.10 Å². The molecule has 1 aromatic carbocycles. The van der Waals surface area contributed by atoms with Gasteiger partial charge in [0.05, 0.1) is 22.6 Å². The predicted molar refractivity (Wildman–Crippen MR) is 148 cm³/mol. The number of halogens is 1. The number of aromatic nitrogens is 5. The molecule has 2 aliphatic rings. The van der Waals surface area contributed by atoms with Gasteiger partial charge in [-0.05, 0) is 57.5 Å². The number of aryl methyl sites for hydroxylation is 1. The lowest BCUT2D eigenvalue weighted by Crippen LogP contribution is -2.50. The zero-order valence-corrected chi connectivity index (χ0v) is 22.9. The fourth-order valence-electron chi connectivity index (χ4n) is 5.03. The van der Waals surface area contributed by atoms with E-state index in [4.69, 9.17) is 26.1 Å². The molecule has 2 saturated heterocycles. The van der Waals surface area contributed by atoms with Crippen molar-refractivity contribution in [1.29, 1.82) is 0 Å². The van der Waals surface area contributed by atoms with Crippen LogP contribution >= 0.6 is 11.6 Å². The van der Waals surface area contributed by atoms with E-state index in [9.17, 15) is 4.79 Å². The van der Waals surface area contributed by atoms with Crippen LogP contribution in [0, 0.1) is 0 Å². The lowest BCUT2D eigenvalue weighted by molar-refractivity contribution is 0.0214. The van der Waals surface area contributed by atoms with Gasteiger partial charge < -0.3 is 24.6 Å². The fourth-order valence-corrected chi connectivity index (χ4v) is 5.25. The first-order valence-corrected chi connectivity index (χ1v) is 13.1. The number of benzene rings is 1. The van der Waals surface area contributed by atoms with Crippen LogP contribution in [0.5, 0.6) is 11.6 Å². The second-order valence-corrected chi connectivity index (χ2v) is 11.2. The van der Waals surface area contributed by atoms with Gasteiger partial charge >= 0.3 is 6.09 Å². The van der Waals surface area contributed by atoms with E-state index in [1.807, 2.05) is 50.9 Å². The van der Waals surface area contributed by atoms with E-state index >= 15 is 0 Å². The molecule has 11 nitrogen and oxygen atoms in total. The van der Waals surface area contributed by atoms with Gasteiger partial charge in [0.1, 0.15) is 29.0 Å². The zero-order chi connectivity index (χ0) is 27.3. The number of nitrogens with zero attached hydrogens (tertiary/aromatic N) is 7. The van der Waals surface area contributed by atoms with Crippen molar-refractivity contribution in [3.05, 3.63) is 53.9 Å². The number of fused-ring (bicyclic) bond motifs is 3.